The highest BCUT2D eigenvalue weighted by atomic mass is 32.2. The molecule has 0 aliphatic rings. The van der Waals surface area contributed by atoms with Crippen LogP contribution in [0.2, 0.25) is 0 Å². The van der Waals surface area contributed by atoms with E-state index in [1.807, 2.05) is 0 Å². The zero-order valence-electron chi connectivity index (χ0n) is 23.3. The van der Waals surface area contributed by atoms with Crippen molar-refractivity contribution in [2.75, 3.05) is 0 Å². The van der Waals surface area contributed by atoms with Gasteiger partial charge < -0.3 is 4.98 Å². The molecule has 1 heterocycles. The van der Waals surface area contributed by atoms with E-state index >= 15 is 0 Å². The summed E-state index contributed by atoms with van der Waals surface area (Å²) in [7, 11) is -8.74. The molecular weight excluding hydrogens is 524 g/mol. The van der Waals surface area contributed by atoms with E-state index in [-0.39, 0.29) is 23.3 Å². The van der Waals surface area contributed by atoms with E-state index < -0.39 is 25.5 Å². The van der Waals surface area contributed by atoms with Gasteiger partial charge in [0, 0.05) is 6.42 Å². The number of hydrogen-bond acceptors (Lipinski definition) is 5. The van der Waals surface area contributed by atoms with E-state index in [1.54, 1.807) is 6.07 Å². The van der Waals surface area contributed by atoms with Crippen molar-refractivity contribution in [3.8, 4) is 0 Å². The summed E-state index contributed by atoms with van der Waals surface area (Å²) in [4.78, 5) is 7.50. The van der Waals surface area contributed by atoms with Gasteiger partial charge in [0.15, 0.2) is 0 Å². The van der Waals surface area contributed by atoms with Gasteiger partial charge in [-0.25, -0.2) is 4.98 Å². The number of aryl methyl sites for hydroxylation is 2. The molecule has 0 spiro atoms. The predicted octanol–water partition coefficient (Wildman–Crippen LogP) is 7.43. The molecule has 1 atom stereocenters. The maximum Gasteiger partial charge on any atom is 0.294 e. The van der Waals surface area contributed by atoms with Crippen LogP contribution in [0.3, 0.4) is 0 Å². The molecule has 0 radical (unpaired) electrons. The average Bonchev–Trinajstić information content (AvgIpc) is 3.26. The number of aromatic nitrogens is 2. The smallest absolute Gasteiger partial charge is 0.294 e. The molecule has 0 aliphatic carbocycles. The molecule has 0 amide bonds. The second-order valence-electron chi connectivity index (χ2n) is 10.7. The molecule has 1 aromatic carbocycles. The van der Waals surface area contributed by atoms with Crippen LogP contribution in [0.1, 0.15) is 128 Å². The SMILES string of the molecule is CCCCCCCCCCCCCCCCCc1nc2ccc(S(=O)(=O)O)c(CCC(C)S(=O)(=O)O)c2[nH]1. The van der Waals surface area contributed by atoms with Crippen molar-refractivity contribution in [2.45, 2.75) is 140 Å². The van der Waals surface area contributed by atoms with Crippen LogP contribution in [0.5, 0.6) is 0 Å². The van der Waals surface area contributed by atoms with Crippen LogP contribution in [-0.4, -0.2) is 41.2 Å². The Bertz CT molecular complexity index is 1180. The van der Waals surface area contributed by atoms with Crippen LogP contribution < -0.4 is 0 Å². The quantitative estimate of drug-likeness (QED) is 0.104. The van der Waals surface area contributed by atoms with E-state index in [4.69, 9.17) is 0 Å². The lowest BCUT2D eigenvalue weighted by molar-refractivity contribution is 0.466. The first-order chi connectivity index (χ1) is 18.0. The molecule has 0 bridgehead atoms. The van der Waals surface area contributed by atoms with Crippen LogP contribution in [0.25, 0.3) is 11.0 Å². The number of imidazole rings is 1. The van der Waals surface area contributed by atoms with Gasteiger partial charge >= 0.3 is 0 Å². The summed E-state index contributed by atoms with van der Waals surface area (Å²) in [6.07, 6.45) is 20.2. The standard InChI is InChI=1S/C28H48N2O6S2/c1-3-4-5-6-7-8-9-10-11-12-13-14-15-16-17-18-27-29-25-21-22-26(38(34,35)36)24(28(25)30-27)20-19-23(2)37(31,32)33/h21-23H,3-20H2,1-2H3,(H,29,30)(H,31,32,33)(H,34,35,36). The Kier molecular flexibility index (Phi) is 14.3. The van der Waals surface area contributed by atoms with Gasteiger partial charge in [-0.1, -0.05) is 96.8 Å². The summed E-state index contributed by atoms with van der Waals surface area (Å²) in [6.45, 7) is 3.61. The van der Waals surface area contributed by atoms with Gasteiger partial charge in [-0.3, -0.25) is 9.11 Å². The molecule has 38 heavy (non-hydrogen) atoms. The number of benzene rings is 1. The average molecular weight is 573 g/mol. The van der Waals surface area contributed by atoms with Crippen molar-refractivity contribution >= 4 is 31.3 Å². The Balaban J connectivity index is 1.75. The maximum atomic E-state index is 11.9. The minimum atomic E-state index is -4.50. The van der Waals surface area contributed by atoms with Crippen molar-refractivity contribution < 1.29 is 25.9 Å². The number of unbranched alkanes of at least 4 members (excludes halogenated alkanes) is 14. The Hall–Kier alpha value is -1.49. The summed E-state index contributed by atoms with van der Waals surface area (Å²) < 4.78 is 65.6. The van der Waals surface area contributed by atoms with Gasteiger partial charge in [0.25, 0.3) is 20.2 Å². The van der Waals surface area contributed by atoms with Gasteiger partial charge in [-0.05, 0) is 43.9 Å². The fraction of sp³-hybridized carbons (Fsp3) is 0.750. The first kappa shape index (κ1) is 32.7. The molecule has 10 heteroatoms. The van der Waals surface area contributed by atoms with Crippen molar-refractivity contribution in [1.82, 2.24) is 9.97 Å². The molecular formula is C28H48N2O6S2. The first-order valence-electron chi connectivity index (χ1n) is 14.5. The molecule has 2 rings (SSSR count). The summed E-state index contributed by atoms with van der Waals surface area (Å²) in [5, 5.41) is -1.06. The zero-order chi connectivity index (χ0) is 28.0. The third kappa shape index (κ3) is 11.7. The van der Waals surface area contributed by atoms with E-state index in [2.05, 4.69) is 16.9 Å². The van der Waals surface area contributed by atoms with Crippen molar-refractivity contribution in [2.24, 2.45) is 0 Å². The third-order valence-corrected chi connectivity index (χ3v) is 9.57. The maximum absolute atomic E-state index is 11.9. The van der Waals surface area contributed by atoms with Crippen molar-refractivity contribution in [3.63, 3.8) is 0 Å². The number of rotatable bonds is 21. The summed E-state index contributed by atoms with van der Waals surface area (Å²) in [5.41, 5.74) is 1.34. The van der Waals surface area contributed by atoms with Gasteiger partial charge in [-0.15, -0.1) is 0 Å². The highest BCUT2D eigenvalue weighted by Gasteiger charge is 2.23. The molecule has 218 valence electrons. The predicted molar refractivity (Wildman–Crippen MR) is 154 cm³/mol. The normalized spacial score (nSPS) is 13.4. The summed E-state index contributed by atoms with van der Waals surface area (Å²) in [5.74, 6) is 0.742. The van der Waals surface area contributed by atoms with Crippen molar-refractivity contribution in [1.29, 1.82) is 0 Å². The lowest BCUT2D eigenvalue weighted by Crippen LogP contribution is -2.18. The molecule has 0 fully saturated rings. The fourth-order valence-electron chi connectivity index (χ4n) is 4.94. The monoisotopic (exact) mass is 572 g/mol. The summed E-state index contributed by atoms with van der Waals surface area (Å²) >= 11 is 0. The number of nitrogens with zero attached hydrogens (tertiary/aromatic N) is 1. The molecule has 1 unspecified atom stereocenters. The Morgan fingerprint density at radius 1 is 0.763 bits per heavy atom. The minimum absolute atomic E-state index is 0.00780. The van der Waals surface area contributed by atoms with Gasteiger partial charge in [-0.2, -0.15) is 16.8 Å². The number of fused-ring (bicyclic) bond motifs is 1. The van der Waals surface area contributed by atoms with Crippen LogP contribution in [-0.2, 0) is 33.1 Å². The lowest BCUT2D eigenvalue weighted by Gasteiger charge is -2.11. The van der Waals surface area contributed by atoms with Crippen LogP contribution in [0, 0.1) is 0 Å². The van der Waals surface area contributed by atoms with E-state index in [0.29, 0.717) is 11.0 Å². The second-order valence-corrected chi connectivity index (χ2v) is 13.9. The zero-order valence-corrected chi connectivity index (χ0v) is 24.9. The highest BCUT2D eigenvalue weighted by Crippen LogP contribution is 2.27. The van der Waals surface area contributed by atoms with Crippen LogP contribution in [0.15, 0.2) is 17.0 Å². The Morgan fingerprint density at radius 3 is 1.74 bits per heavy atom. The number of hydrogen-bond donors (Lipinski definition) is 3. The minimum Gasteiger partial charge on any atom is -0.342 e. The summed E-state index contributed by atoms with van der Waals surface area (Å²) in [6, 6.07) is 2.84. The van der Waals surface area contributed by atoms with E-state index in [1.165, 1.54) is 96.5 Å². The second kappa shape index (κ2) is 16.6. The molecule has 2 aromatic rings. The first-order valence-corrected chi connectivity index (χ1v) is 17.4. The van der Waals surface area contributed by atoms with Gasteiger partial charge in [0.1, 0.15) is 5.82 Å². The molecule has 0 saturated heterocycles. The Labute approximate surface area is 229 Å². The van der Waals surface area contributed by atoms with Crippen LogP contribution in [0.4, 0.5) is 0 Å². The van der Waals surface area contributed by atoms with Gasteiger partial charge in [0.05, 0.1) is 21.2 Å². The molecule has 3 N–H and O–H groups in total. The molecule has 0 aliphatic heterocycles. The van der Waals surface area contributed by atoms with Gasteiger partial charge in [0.2, 0.25) is 0 Å². The van der Waals surface area contributed by atoms with Crippen LogP contribution >= 0.6 is 0 Å². The topological polar surface area (TPSA) is 137 Å². The van der Waals surface area contributed by atoms with Crippen molar-refractivity contribution in [3.05, 3.63) is 23.5 Å². The highest BCUT2D eigenvalue weighted by molar-refractivity contribution is 7.86. The number of aromatic amines is 1. The van der Waals surface area contributed by atoms with E-state index in [0.717, 1.165) is 25.1 Å². The number of nitrogens with one attached hydrogen (secondary N) is 1. The Morgan fingerprint density at radius 2 is 1.26 bits per heavy atom. The third-order valence-electron chi connectivity index (χ3n) is 7.38. The largest absolute Gasteiger partial charge is 0.342 e. The molecule has 0 saturated carbocycles. The van der Waals surface area contributed by atoms with E-state index in [9.17, 15) is 25.9 Å². The lowest BCUT2D eigenvalue weighted by atomic mass is 10.0. The fourth-order valence-corrected chi connectivity index (χ4v) is 6.11. The molecule has 8 nitrogen and oxygen atoms in total. The number of H-pyrrole nitrogens is 1. The molecule has 1 aromatic heterocycles.